The predicted octanol–water partition coefficient (Wildman–Crippen LogP) is 1.51. The van der Waals surface area contributed by atoms with Crippen LogP contribution in [0.1, 0.15) is 17.7 Å². The molecule has 2 rings (SSSR count). The molecule has 0 aliphatic carbocycles. The van der Waals surface area contributed by atoms with Crippen molar-refractivity contribution in [3.05, 3.63) is 17.0 Å². The first-order chi connectivity index (χ1) is 7.58. The molecule has 4 nitrogen and oxygen atoms in total. The van der Waals surface area contributed by atoms with E-state index < -0.39 is 10.0 Å². The largest absolute Gasteiger partial charge is 0.315 e. The smallest absolute Gasteiger partial charge is 0.250 e. The summed E-state index contributed by atoms with van der Waals surface area (Å²) in [5.74, 6) is 0. The van der Waals surface area contributed by atoms with Gasteiger partial charge >= 0.3 is 0 Å². The molecule has 1 fully saturated rings. The van der Waals surface area contributed by atoms with E-state index in [1.54, 1.807) is 6.07 Å². The number of rotatable bonds is 3. The highest BCUT2D eigenvalue weighted by molar-refractivity contribution is 7.91. The van der Waals surface area contributed by atoms with Crippen LogP contribution in [-0.2, 0) is 10.0 Å². The first kappa shape index (κ1) is 14.9. The molecule has 1 aromatic heterocycles. The summed E-state index contributed by atoms with van der Waals surface area (Å²) in [6.07, 6.45) is 1.94. The topological polar surface area (TPSA) is 58.2 Å². The van der Waals surface area contributed by atoms with Gasteiger partial charge in [-0.1, -0.05) is 0 Å². The van der Waals surface area contributed by atoms with Gasteiger partial charge in [-0.2, -0.15) is 0 Å². The molecule has 0 aromatic carbocycles. The minimum atomic E-state index is -3.31. The Hall–Kier alpha value is -0.140. The minimum absolute atomic E-state index is 0. The van der Waals surface area contributed by atoms with Crippen molar-refractivity contribution in [1.29, 1.82) is 0 Å². The van der Waals surface area contributed by atoms with Crippen LogP contribution in [0.2, 0.25) is 0 Å². The van der Waals surface area contributed by atoms with E-state index in [1.807, 2.05) is 13.0 Å². The molecule has 1 aliphatic rings. The van der Waals surface area contributed by atoms with Gasteiger partial charge in [-0.05, 0) is 38.4 Å². The van der Waals surface area contributed by atoms with Crippen molar-refractivity contribution in [1.82, 2.24) is 10.0 Å². The number of hydrogen-bond donors (Lipinski definition) is 2. The highest BCUT2D eigenvalue weighted by Crippen LogP contribution is 2.21. The zero-order valence-electron chi connectivity index (χ0n) is 9.60. The number of aryl methyl sites for hydroxylation is 1. The molecule has 2 N–H and O–H groups in total. The molecular formula is C10H17ClN2O2S2. The van der Waals surface area contributed by atoms with E-state index >= 15 is 0 Å². The number of nitrogens with one attached hydrogen (secondary N) is 2. The maximum Gasteiger partial charge on any atom is 0.250 e. The third kappa shape index (κ3) is 3.93. The molecule has 98 valence electrons. The summed E-state index contributed by atoms with van der Waals surface area (Å²) in [5.41, 5.74) is 0. The standard InChI is InChI=1S/C10H16N2O2S2.ClH/c1-8-4-5-10(15-8)16(13,14)12-9-3-2-6-11-7-9;/h4-5,9,11-12H,2-3,6-7H2,1H3;1H. The predicted molar refractivity (Wildman–Crippen MR) is 72.5 cm³/mol. The van der Waals surface area contributed by atoms with E-state index in [1.165, 1.54) is 11.3 Å². The quantitative estimate of drug-likeness (QED) is 0.889. The average molecular weight is 297 g/mol. The van der Waals surface area contributed by atoms with Gasteiger partial charge in [0.25, 0.3) is 0 Å². The molecule has 0 amide bonds. The Labute approximate surface area is 112 Å². The monoisotopic (exact) mass is 296 g/mol. The van der Waals surface area contributed by atoms with E-state index in [2.05, 4.69) is 10.0 Å². The second-order valence-electron chi connectivity index (χ2n) is 4.03. The zero-order chi connectivity index (χ0) is 11.6. The van der Waals surface area contributed by atoms with Crippen molar-refractivity contribution in [2.75, 3.05) is 13.1 Å². The van der Waals surface area contributed by atoms with Crippen molar-refractivity contribution in [3.8, 4) is 0 Å². The number of piperidine rings is 1. The van der Waals surface area contributed by atoms with E-state index in [4.69, 9.17) is 0 Å². The Balaban J connectivity index is 0.00000144. The number of thiophene rings is 1. The molecule has 0 saturated carbocycles. The SMILES string of the molecule is Cc1ccc(S(=O)(=O)NC2CCCNC2)s1.Cl. The van der Waals surface area contributed by atoms with Gasteiger partial charge in [0.15, 0.2) is 0 Å². The van der Waals surface area contributed by atoms with Gasteiger partial charge in [-0.25, -0.2) is 13.1 Å². The molecule has 0 radical (unpaired) electrons. The van der Waals surface area contributed by atoms with Crippen LogP contribution in [0.5, 0.6) is 0 Å². The number of hydrogen-bond acceptors (Lipinski definition) is 4. The lowest BCUT2D eigenvalue weighted by atomic mass is 10.1. The van der Waals surface area contributed by atoms with Crippen molar-refractivity contribution in [3.63, 3.8) is 0 Å². The van der Waals surface area contributed by atoms with E-state index in [-0.39, 0.29) is 18.4 Å². The van der Waals surface area contributed by atoms with Crippen LogP contribution in [0.4, 0.5) is 0 Å². The third-order valence-corrected chi connectivity index (χ3v) is 5.61. The van der Waals surface area contributed by atoms with E-state index in [9.17, 15) is 8.42 Å². The van der Waals surface area contributed by atoms with Crippen LogP contribution in [0.25, 0.3) is 0 Å². The summed E-state index contributed by atoms with van der Waals surface area (Å²) in [5, 5.41) is 3.19. The van der Waals surface area contributed by atoms with Crippen LogP contribution in [0.15, 0.2) is 16.3 Å². The molecule has 17 heavy (non-hydrogen) atoms. The molecule has 1 unspecified atom stereocenters. The molecule has 1 atom stereocenters. The molecule has 1 aromatic rings. The fourth-order valence-corrected chi connectivity index (χ4v) is 4.36. The van der Waals surface area contributed by atoms with Gasteiger partial charge in [0.2, 0.25) is 10.0 Å². The summed E-state index contributed by atoms with van der Waals surface area (Å²) < 4.78 is 27.1. The van der Waals surface area contributed by atoms with Gasteiger partial charge < -0.3 is 5.32 Å². The Morgan fingerprint density at radius 3 is 2.76 bits per heavy atom. The third-order valence-electron chi connectivity index (χ3n) is 2.60. The molecular weight excluding hydrogens is 280 g/mol. The minimum Gasteiger partial charge on any atom is -0.315 e. The van der Waals surface area contributed by atoms with Crippen molar-refractivity contribution in [2.45, 2.75) is 30.0 Å². The first-order valence-electron chi connectivity index (χ1n) is 5.37. The summed E-state index contributed by atoms with van der Waals surface area (Å²) in [6, 6.07) is 3.53. The molecule has 1 saturated heterocycles. The van der Waals surface area contributed by atoms with Gasteiger partial charge in [0.1, 0.15) is 4.21 Å². The van der Waals surface area contributed by atoms with Crippen LogP contribution in [0.3, 0.4) is 0 Å². The number of sulfonamides is 1. The van der Waals surface area contributed by atoms with Crippen LogP contribution >= 0.6 is 23.7 Å². The molecule has 1 aliphatic heterocycles. The highest BCUT2D eigenvalue weighted by Gasteiger charge is 2.22. The normalized spacial score (nSPS) is 20.9. The van der Waals surface area contributed by atoms with Crippen LogP contribution in [0, 0.1) is 6.92 Å². The van der Waals surface area contributed by atoms with Crippen molar-refractivity contribution < 1.29 is 8.42 Å². The van der Waals surface area contributed by atoms with E-state index in [0.717, 1.165) is 30.8 Å². The van der Waals surface area contributed by atoms with Gasteiger partial charge in [-0.3, -0.25) is 0 Å². The fourth-order valence-electron chi connectivity index (χ4n) is 1.79. The van der Waals surface area contributed by atoms with E-state index in [0.29, 0.717) is 4.21 Å². The average Bonchev–Trinajstić information content (AvgIpc) is 2.66. The second kappa shape index (κ2) is 6.15. The summed E-state index contributed by atoms with van der Waals surface area (Å²) in [4.78, 5) is 1.02. The lowest BCUT2D eigenvalue weighted by molar-refractivity contribution is 0.429. The summed E-state index contributed by atoms with van der Waals surface area (Å²) >= 11 is 1.31. The van der Waals surface area contributed by atoms with Gasteiger partial charge in [0.05, 0.1) is 0 Å². The zero-order valence-corrected chi connectivity index (χ0v) is 12.1. The lowest BCUT2D eigenvalue weighted by Crippen LogP contribution is -2.45. The molecule has 7 heteroatoms. The van der Waals surface area contributed by atoms with Gasteiger partial charge in [0, 0.05) is 17.5 Å². The Kier molecular flexibility index (Phi) is 5.40. The second-order valence-corrected chi connectivity index (χ2v) is 7.26. The Morgan fingerprint density at radius 2 is 2.24 bits per heavy atom. The fraction of sp³-hybridized carbons (Fsp3) is 0.600. The number of halogens is 1. The van der Waals surface area contributed by atoms with Gasteiger partial charge in [-0.15, -0.1) is 23.7 Å². The Bertz CT molecular complexity index is 453. The molecule has 0 bridgehead atoms. The Morgan fingerprint density at radius 1 is 1.47 bits per heavy atom. The maximum atomic E-state index is 12.0. The van der Waals surface area contributed by atoms with Crippen LogP contribution in [-0.4, -0.2) is 27.5 Å². The van der Waals surface area contributed by atoms with Crippen molar-refractivity contribution >= 4 is 33.8 Å². The maximum absolute atomic E-state index is 12.0. The summed E-state index contributed by atoms with van der Waals surface area (Å²) in [7, 11) is -3.31. The molecule has 0 spiro atoms. The molecule has 2 heterocycles. The van der Waals surface area contributed by atoms with Crippen molar-refractivity contribution in [2.24, 2.45) is 0 Å². The first-order valence-corrected chi connectivity index (χ1v) is 7.67. The highest BCUT2D eigenvalue weighted by atomic mass is 35.5. The van der Waals surface area contributed by atoms with Crippen LogP contribution < -0.4 is 10.0 Å². The lowest BCUT2D eigenvalue weighted by Gasteiger charge is -2.23. The summed E-state index contributed by atoms with van der Waals surface area (Å²) in [6.45, 7) is 3.62.